The molecule has 1 amide bonds. The normalized spacial score (nSPS) is 12.4. The summed E-state index contributed by atoms with van der Waals surface area (Å²) in [6.07, 6.45) is 0. The van der Waals surface area contributed by atoms with Crippen molar-refractivity contribution in [2.75, 3.05) is 5.32 Å². The van der Waals surface area contributed by atoms with Crippen LogP contribution >= 0.6 is 11.3 Å². The largest absolute Gasteiger partial charge is 0.324 e. The van der Waals surface area contributed by atoms with E-state index in [4.69, 9.17) is 0 Å². The first-order valence-corrected chi connectivity index (χ1v) is 9.96. The lowest BCUT2D eigenvalue weighted by Gasteiger charge is -2.15. The van der Waals surface area contributed by atoms with Crippen LogP contribution in [0.5, 0.6) is 0 Å². The third kappa shape index (κ3) is 3.10. The zero-order chi connectivity index (χ0) is 20.0. The lowest BCUT2D eigenvalue weighted by Crippen LogP contribution is -2.33. The van der Waals surface area contributed by atoms with E-state index in [9.17, 15) is 9.59 Å². The Bertz CT molecular complexity index is 1270. The van der Waals surface area contributed by atoms with Gasteiger partial charge < -0.3 is 5.32 Å². The fourth-order valence-electron chi connectivity index (χ4n) is 3.55. The Labute approximate surface area is 166 Å². The van der Waals surface area contributed by atoms with Gasteiger partial charge in [0.1, 0.15) is 6.04 Å². The molecule has 6 heteroatoms. The van der Waals surface area contributed by atoms with Crippen LogP contribution in [-0.2, 0) is 4.79 Å². The molecule has 0 aliphatic carbocycles. The molecule has 4 rings (SSSR count). The Hall–Kier alpha value is -2.99. The van der Waals surface area contributed by atoms with E-state index in [1.807, 2.05) is 63.2 Å². The molecule has 0 aliphatic heterocycles. The van der Waals surface area contributed by atoms with Crippen LogP contribution in [0.3, 0.4) is 0 Å². The maximum absolute atomic E-state index is 13.2. The van der Waals surface area contributed by atoms with Crippen LogP contribution < -0.4 is 10.9 Å². The van der Waals surface area contributed by atoms with Crippen LogP contribution in [0.4, 0.5) is 5.69 Å². The highest BCUT2D eigenvalue weighted by Gasteiger charge is 2.22. The van der Waals surface area contributed by atoms with Gasteiger partial charge in [-0.25, -0.2) is 4.68 Å². The summed E-state index contributed by atoms with van der Waals surface area (Å²) in [7, 11) is 0. The molecule has 1 atom stereocenters. The molecule has 0 bridgehead atoms. The smallest absolute Gasteiger partial charge is 0.276 e. The molecule has 4 aromatic rings. The molecule has 0 fully saturated rings. The molecular weight excluding hydrogens is 370 g/mol. The molecule has 5 nitrogen and oxygen atoms in total. The predicted octanol–water partition coefficient (Wildman–Crippen LogP) is 4.74. The number of benzene rings is 2. The monoisotopic (exact) mass is 391 g/mol. The fourth-order valence-corrected chi connectivity index (χ4v) is 4.68. The molecule has 0 saturated carbocycles. The van der Waals surface area contributed by atoms with E-state index in [2.05, 4.69) is 10.4 Å². The summed E-state index contributed by atoms with van der Waals surface area (Å²) in [5, 5.41) is 8.91. The van der Waals surface area contributed by atoms with E-state index in [1.165, 1.54) is 4.68 Å². The van der Waals surface area contributed by atoms with Crippen LogP contribution in [0.2, 0.25) is 0 Å². The van der Waals surface area contributed by atoms with Crippen molar-refractivity contribution >= 4 is 43.1 Å². The lowest BCUT2D eigenvalue weighted by molar-refractivity contribution is -0.119. The van der Waals surface area contributed by atoms with E-state index in [1.54, 1.807) is 18.3 Å². The third-order valence-corrected chi connectivity index (χ3v) is 6.12. The number of nitrogens with zero attached hydrogens (tertiary/aromatic N) is 2. The van der Waals surface area contributed by atoms with Gasteiger partial charge in [-0.3, -0.25) is 9.59 Å². The first-order valence-electron chi connectivity index (χ1n) is 9.15. The highest BCUT2D eigenvalue weighted by atomic mass is 32.1. The molecule has 0 saturated heterocycles. The van der Waals surface area contributed by atoms with Gasteiger partial charge in [-0.15, -0.1) is 11.3 Å². The second-order valence-electron chi connectivity index (χ2n) is 7.18. The molecular formula is C22H21N3O2S. The highest BCUT2D eigenvalue weighted by Crippen LogP contribution is 2.33. The minimum atomic E-state index is -0.727. The van der Waals surface area contributed by atoms with Gasteiger partial charge in [0.15, 0.2) is 0 Å². The summed E-state index contributed by atoms with van der Waals surface area (Å²) in [6, 6.07) is 13.0. The number of rotatable bonds is 3. The molecule has 142 valence electrons. The molecule has 0 spiro atoms. The summed E-state index contributed by atoms with van der Waals surface area (Å²) < 4.78 is 3.23. The van der Waals surface area contributed by atoms with E-state index in [0.717, 1.165) is 37.3 Å². The topological polar surface area (TPSA) is 64.0 Å². The number of hydrogen-bond donors (Lipinski definition) is 1. The molecule has 0 aliphatic rings. The maximum atomic E-state index is 13.2. The van der Waals surface area contributed by atoms with E-state index < -0.39 is 6.04 Å². The number of aromatic nitrogens is 2. The quantitative estimate of drug-likeness (QED) is 0.549. The van der Waals surface area contributed by atoms with Gasteiger partial charge in [-0.2, -0.15) is 5.10 Å². The van der Waals surface area contributed by atoms with Crippen molar-refractivity contribution in [2.24, 2.45) is 0 Å². The number of anilines is 1. The average Bonchev–Trinajstić information content (AvgIpc) is 3.03. The fraction of sp³-hybridized carbons (Fsp3) is 0.227. The first kappa shape index (κ1) is 18.4. The van der Waals surface area contributed by atoms with Crippen molar-refractivity contribution in [3.05, 3.63) is 69.6 Å². The minimum absolute atomic E-state index is 0.235. The summed E-state index contributed by atoms with van der Waals surface area (Å²) in [6.45, 7) is 7.54. The molecule has 1 unspecified atom stereocenters. The first-order chi connectivity index (χ1) is 13.3. The SMILES string of the molecule is Cc1cc(C)cc(NC(=O)C(C)n2nc(C)c3sc4ccccc4c3c2=O)c1. The predicted molar refractivity (Wildman–Crippen MR) is 115 cm³/mol. The number of fused-ring (bicyclic) bond motifs is 3. The van der Waals surface area contributed by atoms with Gasteiger partial charge in [0.2, 0.25) is 5.91 Å². The molecule has 2 aromatic heterocycles. The number of carbonyl (C=O) groups excluding carboxylic acids is 1. The number of nitrogens with one attached hydrogen (secondary N) is 1. The molecule has 28 heavy (non-hydrogen) atoms. The van der Waals surface area contributed by atoms with E-state index in [0.29, 0.717) is 5.39 Å². The van der Waals surface area contributed by atoms with Gasteiger partial charge in [0, 0.05) is 15.8 Å². The molecule has 2 heterocycles. The number of aryl methyl sites for hydroxylation is 3. The van der Waals surface area contributed by atoms with Crippen molar-refractivity contribution in [1.82, 2.24) is 9.78 Å². The van der Waals surface area contributed by atoms with Gasteiger partial charge in [0.05, 0.1) is 15.8 Å². The summed E-state index contributed by atoms with van der Waals surface area (Å²) in [5.74, 6) is -0.266. The zero-order valence-corrected chi connectivity index (χ0v) is 17.1. The van der Waals surface area contributed by atoms with E-state index in [-0.39, 0.29) is 11.5 Å². The second-order valence-corrected chi connectivity index (χ2v) is 8.23. The van der Waals surface area contributed by atoms with Crippen LogP contribution in [0.1, 0.15) is 29.8 Å². The van der Waals surface area contributed by atoms with Crippen LogP contribution in [0.25, 0.3) is 20.2 Å². The standard InChI is InChI=1S/C22H21N3O2S/c1-12-9-13(2)11-16(10-12)23-21(26)15(4)25-22(27)19-17-7-5-6-8-18(17)28-20(19)14(3)24-25/h5-11,15H,1-4H3,(H,23,26). The lowest BCUT2D eigenvalue weighted by atomic mass is 10.1. The number of carbonyl (C=O) groups is 1. The van der Waals surface area contributed by atoms with Crippen LogP contribution in [-0.4, -0.2) is 15.7 Å². The second kappa shape index (κ2) is 6.87. The Morgan fingerprint density at radius 3 is 2.50 bits per heavy atom. The Kier molecular flexibility index (Phi) is 4.51. The van der Waals surface area contributed by atoms with Crippen molar-refractivity contribution in [1.29, 1.82) is 0 Å². The van der Waals surface area contributed by atoms with Gasteiger partial charge in [0.25, 0.3) is 5.56 Å². The van der Waals surface area contributed by atoms with Crippen molar-refractivity contribution in [3.8, 4) is 0 Å². The van der Waals surface area contributed by atoms with Crippen LogP contribution in [0, 0.1) is 20.8 Å². The Morgan fingerprint density at radius 2 is 1.79 bits per heavy atom. The van der Waals surface area contributed by atoms with Crippen molar-refractivity contribution in [3.63, 3.8) is 0 Å². The Morgan fingerprint density at radius 1 is 1.11 bits per heavy atom. The number of amides is 1. The average molecular weight is 391 g/mol. The molecule has 2 aromatic carbocycles. The van der Waals surface area contributed by atoms with Crippen molar-refractivity contribution < 1.29 is 4.79 Å². The maximum Gasteiger partial charge on any atom is 0.276 e. The van der Waals surface area contributed by atoms with Gasteiger partial charge in [-0.1, -0.05) is 24.3 Å². The third-order valence-electron chi connectivity index (χ3n) is 4.84. The number of hydrogen-bond acceptors (Lipinski definition) is 4. The van der Waals surface area contributed by atoms with Gasteiger partial charge >= 0.3 is 0 Å². The van der Waals surface area contributed by atoms with Crippen LogP contribution in [0.15, 0.2) is 47.3 Å². The molecule has 1 N–H and O–H groups in total. The zero-order valence-electron chi connectivity index (χ0n) is 16.2. The number of thiophene rings is 1. The summed E-state index contributed by atoms with van der Waals surface area (Å²) >= 11 is 1.56. The van der Waals surface area contributed by atoms with E-state index >= 15 is 0 Å². The summed E-state index contributed by atoms with van der Waals surface area (Å²) in [4.78, 5) is 26.0. The Balaban J connectivity index is 1.77. The molecule has 0 radical (unpaired) electrons. The van der Waals surface area contributed by atoms with Gasteiger partial charge in [-0.05, 0) is 57.0 Å². The summed E-state index contributed by atoms with van der Waals surface area (Å²) in [5.41, 5.74) is 3.38. The van der Waals surface area contributed by atoms with Crippen molar-refractivity contribution in [2.45, 2.75) is 33.7 Å². The highest BCUT2D eigenvalue weighted by molar-refractivity contribution is 7.26. The minimum Gasteiger partial charge on any atom is -0.324 e.